The van der Waals surface area contributed by atoms with Crippen LogP contribution in [0.2, 0.25) is 0 Å². The second-order valence-corrected chi connectivity index (χ2v) is 8.69. The maximum Gasteiger partial charge on any atom is 0.417 e. The highest BCUT2D eigenvalue weighted by atomic mass is 16.6. The highest BCUT2D eigenvalue weighted by molar-refractivity contribution is 5.99. The van der Waals surface area contributed by atoms with Gasteiger partial charge in [-0.25, -0.2) is 19.3 Å². The smallest absolute Gasteiger partial charge is 0.417 e. The van der Waals surface area contributed by atoms with Crippen LogP contribution >= 0.6 is 0 Å². The van der Waals surface area contributed by atoms with Crippen LogP contribution in [0.3, 0.4) is 0 Å². The zero-order valence-electron chi connectivity index (χ0n) is 18.4. The third-order valence-corrected chi connectivity index (χ3v) is 3.51. The minimum absolute atomic E-state index is 0.154. The summed E-state index contributed by atoms with van der Waals surface area (Å²) < 4.78 is 10.4. The average Bonchev–Trinajstić information content (AvgIpc) is 2.50. The van der Waals surface area contributed by atoms with E-state index >= 15 is 0 Å². The molecule has 0 heterocycles. The van der Waals surface area contributed by atoms with Crippen molar-refractivity contribution in [2.24, 2.45) is 5.73 Å². The second-order valence-electron chi connectivity index (χ2n) is 8.69. The van der Waals surface area contributed by atoms with Crippen LogP contribution in [0.4, 0.5) is 9.59 Å². The fraction of sp³-hybridized carbons (Fsp3) is 0.789. The fourth-order valence-corrected chi connectivity index (χ4v) is 2.23. The largest absolute Gasteiger partial charge is 0.480 e. The van der Waals surface area contributed by atoms with Crippen molar-refractivity contribution >= 4 is 24.1 Å². The number of nitrogens with one attached hydrogen (secondary N) is 1. The number of carbonyl (C=O) groups is 4. The predicted octanol–water partition coefficient (Wildman–Crippen LogP) is 2.25. The van der Waals surface area contributed by atoms with Gasteiger partial charge in [-0.3, -0.25) is 4.79 Å². The third kappa shape index (κ3) is 10.7. The van der Waals surface area contributed by atoms with Gasteiger partial charge in [-0.15, -0.1) is 0 Å². The molecule has 3 amide bonds. The summed E-state index contributed by atoms with van der Waals surface area (Å²) in [6.07, 6.45) is -0.739. The number of nitrogens with two attached hydrogens (primary N) is 1. The summed E-state index contributed by atoms with van der Waals surface area (Å²) in [5.74, 6) is -2.28. The van der Waals surface area contributed by atoms with Crippen LogP contribution in [0.15, 0.2) is 0 Å². The Balaban J connectivity index is 5.72. The summed E-state index contributed by atoms with van der Waals surface area (Å²) in [4.78, 5) is 49.8. The van der Waals surface area contributed by atoms with E-state index in [0.717, 1.165) is 0 Å². The molecule has 10 heteroatoms. The van der Waals surface area contributed by atoms with E-state index in [2.05, 4.69) is 5.32 Å². The first-order valence-electron chi connectivity index (χ1n) is 9.57. The number of hydrogen-bond acceptors (Lipinski definition) is 7. The van der Waals surface area contributed by atoms with Gasteiger partial charge >= 0.3 is 18.2 Å². The summed E-state index contributed by atoms with van der Waals surface area (Å²) in [5.41, 5.74) is 3.74. The van der Waals surface area contributed by atoms with E-state index in [-0.39, 0.29) is 6.42 Å². The molecule has 0 aliphatic rings. The van der Waals surface area contributed by atoms with Crippen LogP contribution in [0.25, 0.3) is 0 Å². The van der Waals surface area contributed by atoms with E-state index in [9.17, 15) is 24.3 Å². The molecule has 0 aromatic carbocycles. The minimum atomic E-state index is -1.49. The van der Waals surface area contributed by atoms with E-state index in [1.807, 2.05) is 0 Å². The Labute approximate surface area is 172 Å². The van der Waals surface area contributed by atoms with Gasteiger partial charge in [0.25, 0.3) is 5.91 Å². The van der Waals surface area contributed by atoms with E-state index < -0.39 is 47.3 Å². The maximum absolute atomic E-state index is 13.1. The number of nitrogens with zero attached hydrogens (tertiary/aromatic N) is 1. The first-order valence-corrected chi connectivity index (χ1v) is 9.57. The lowest BCUT2D eigenvalue weighted by Crippen LogP contribution is -2.56. The van der Waals surface area contributed by atoms with Crippen LogP contribution in [-0.2, 0) is 19.1 Å². The summed E-state index contributed by atoms with van der Waals surface area (Å²) in [6, 6.07) is -2.67. The SMILES string of the molecule is C[C@@H](C(=O)O)N(C(=O)OC(C)(C)C)C(=O)[C@@H](CCCCN)NC(=O)OC(C)(C)C. The fourth-order valence-electron chi connectivity index (χ4n) is 2.23. The second kappa shape index (κ2) is 11.0. The van der Waals surface area contributed by atoms with E-state index in [1.165, 1.54) is 6.92 Å². The number of unbranched alkanes of at least 4 members (excludes halogenated alkanes) is 1. The number of carboxylic acid groups (broad SMARTS) is 1. The van der Waals surface area contributed by atoms with Gasteiger partial charge in [0.2, 0.25) is 0 Å². The molecule has 168 valence electrons. The molecule has 0 saturated heterocycles. The first kappa shape index (κ1) is 26.6. The number of rotatable bonds is 8. The third-order valence-electron chi connectivity index (χ3n) is 3.51. The van der Waals surface area contributed by atoms with Crippen molar-refractivity contribution in [3.05, 3.63) is 0 Å². The Morgan fingerprint density at radius 1 is 1.00 bits per heavy atom. The molecule has 0 rings (SSSR count). The van der Waals surface area contributed by atoms with Gasteiger partial charge in [0.1, 0.15) is 23.3 Å². The predicted molar refractivity (Wildman–Crippen MR) is 106 cm³/mol. The number of carbonyl (C=O) groups excluding carboxylic acids is 3. The van der Waals surface area contributed by atoms with Gasteiger partial charge in [-0.1, -0.05) is 0 Å². The van der Waals surface area contributed by atoms with Gasteiger partial charge in [0.05, 0.1) is 0 Å². The van der Waals surface area contributed by atoms with Gasteiger partial charge in [0, 0.05) is 0 Å². The highest BCUT2D eigenvalue weighted by Crippen LogP contribution is 2.16. The van der Waals surface area contributed by atoms with Crippen LogP contribution < -0.4 is 11.1 Å². The number of amides is 3. The Hall–Kier alpha value is -2.36. The molecule has 10 nitrogen and oxygen atoms in total. The van der Waals surface area contributed by atoms with Gasteiger partial charge in [-0.05, 0) is 74.3 Å². The monoisotopic (exact) mass is 417 g/mol. The topological polar surface area (TPSA) is 148 Å². The number of aliphatic carboxylic acids is 1. The molecule has 0 bridgehead atoms. The van der Waals surface area contributed by atoms with Crippen molar-refractivity contribution in [3.8, 4) is 0 Å². The number of imide groups is 1. The molecule has 0 fully saturated rings. The van der Waals surface area contributed by atoms with Crippen LogP contribution in [0.5, 0.6) is 0 Å². The summed E-state index contributed by atoms with van der Waals surface area (Å²) >= 11 is 0. The molecule has 0 unspecified atom stereocenters. The van der Waals surface area contributed by atoms with Gasteiger partial charge in [0.15, 0.2) is 0 Å². The zero-order chi connectivity index (χ0) is 23.0. The minimum Gasteiger partial charge on any atom is -0.480 e. The lowest BCUT2D eigenvalue weighted by molar-refractivity contribution is -0.149. The molecule has 0 saturated carbocycles. The Morgan fingerprint density at radius 3 is 1.93 bits per heavy atom. The Bertz CT molecular complexity index is 594. The number of hydrogen-bond donors (Lipinski definition) is 3. The van der Waals surface area contributed by atoms with Crippen LogP contribution in [0.1, 0.15) is 67.7 Å². The van der Waals surface area contributed by atoms with E-state index in [0.29, 0.717) is 24.3 Å². The maximum atomic E-state index is 13.1. The van der Waals surface area contributed by atoms with Crippen molar-refractivity contribution < 1.29 is 33.8 Å². The molecule has 0 aliphatic carbocycles. The standard InChI is InChI=1S/C19H35N3O7/c1-12(15(24)25)22(17(27)29-19(5,6)7)14(23)13(10-8-9-11-20)21-16(26)28-18(2,3)4/h12-13H,8-11,20H2,1-7H3,(H,21,26)(H,24,25)/t12-,13+/m0/s1. The summed E-state index contributed by atoms with van der Waals surface area (Å²) in [7, 11) is 0. The van der Waals surface area contributed by atoms with E-state index in [4.69, 9.17) is 15.2 Å². The molecular formula is C19H35N3O7. The molecule has 2 atom stereocenters. The number of carboxylic acids is 1. The molecule has 29 heavy (non-hydrogen) atoms. The van der Waals surface area contributed by atoms with Crippen molar-refractivity contribution in [2.45, 2.75) is 91.0 Å². The van der Waals surface area contributed by atoms with Gasteiger partial charge < -0.3 is 25.6 Å². The average molecular weight is 418 g/mol. The van der Waals surface area contributed by atoms with Gasteiger partial charge in [-0.2, -0.15) is 0 Å². The molecule has 4 N–H and O–H groups in total. The molecule has 0 aliphatic heterocycles. The molecule has 0 radical (unpaired) electrons. The van der Waals surface area contributed by atoms with Crippen molar-refractivity contribution in [3.63, 3.8) is 0 Å². The number of ether oxygens (including phenoxy) is 2. The molecule has 0 aromatic rings. The van der Waals surface area contributed by atoms with Crippen molar-refractivity contribution in [1.29, 1.82) is 0 Å². The molecule has 0 spiro atoms. The summed E-state index contributed by atoms with van der Waals surface area (Å²) in [5, 5.41) is 11.8. The Kier molecular flexibility index (Phi) is 10.1. The van der Waals surface area contributed by atoms with E-state index in [1.54, 1.807) is 41.5 Å². The quantitative estimate of drug-likeness (QED) is 0.509. The lowest BCUT2D eigenvalue weighted by atomic mass is 10.1. The van der Waals surface area contributed by atoms with Crippen molar-refractivity contribution in [2.75, 3.05) is 6.54 Å². The first-order chi connectivity index (χ1) is 13.1. The van der Waals surface area contributed by atoms with Crippen LogP contribution in [0, 0.1) is 0 Å². The number of alkyl carbamates (subject to hydrolysis) is 1. The molecular weight excluding hydrogens is 382 g/mol. The lowest BCUT2D eigenvalue weighted by Gasteiger charge is -2.31. The Morgan fingerprint density at radius 2 is 1.52 bits per heavy atom. The van der Waals surface area contributed by atoms with Crippen molar-refractivity contribution in [1.82, 2.24) is 10.2 Å². The van der Waals surface area contributed by atoms with Crippen LogP contribution in [-0.4, -0.2) is 63.9 Å². The summed E-state index contributed by atoms with van der Waals surface area (Å²) in [6.45, 7) is 11.3. The zero-order valence-corrected chi connectivity index (χ0v) is 18.4. The normalized spacial score (nSPS) is 13.8. The highest BCUT2D eigenvalue weighted by Gasteiger charge is 2.39. The molecule has 0 aromatic heterocycles.